The monoisotopic (exact) mass is 452 g/mol. The van der Waals surface area contributed by atoms with E-state index in [2.05, 4.69) is 14.7 Å². The molecule has 0 aromatic carbocycles. The van der Waals surface area contributed by atoms with Gasteiger partial charge in [-0.25, -0.2) is 27.9 Å². The molecule has 3 aliphatic rings. The van der Waals surface area contributed by atoms with Crippen molar-refractivity contribution in [1.29, 1.82) is 0 Å². The van der Waals surface area contributed by atoms with E-state index < -0.39 is 28.2 Å². The fourth-order valence-corrected chi connectivity index (χ4v) is 6.55. The molecule has 0 bridgehead atoms. The number of likely N-dealkylation sites (tertiary alicyclic amines) is 1. The number of hydrogen-bond acceptors (Lipinski definition) is 7. The summed E-state index contributed by atoms with van der Waals surface area (Å²) in [7, 11) is -2.07. The zero-order valence-corrected chi connectivity index (χ0v) is 19.2. The van der Waals surface area contributed by atoms with Gasteiger partial charge in [0.05, 0.1) is 32.1 Å². The van der Waals surface area contributed by atoms with E-state index in [1.54, 1.807) is 4.90 Å². The molecule has 0 spiro atoms. The number of carbonyl (C=O) groups excluding carboxylic acids is 1. The number of nitrogens with zero attached hydrogens (tertiary/aromatic N) is 3. The van der Waals surface area contributed by atoms with Crippen LogP contribution in [-0.2, 0) is 24.9 Å². The molecule has 172 valence electrons. The van der Waals surface area contributed by atoms with Crippen molar-refractivity contribution in [1.82, 2.24) is 19.6 Å². The number of hydrogen-bond donors (Lipinski definition) is 1. The van der Waals surface area contributed by atoms with Crippen LogP contribution >= 0.6 is 0 Å². The van der Waals surface area contributed by atoms with Crippen molar-refractivity contribution < 1.29 is 22.7 Å². The lowest BCUT2D eigenvalue weighted by atomic mass is 9.53. The van der Waals surface area contributed by atoms with E-state index in [-0.39, 0.29) is 24.2 Å². The van der Waals surface area contributed by atoms with Crippen molar-refractivity contribution in [2.24, 2.45) is 5.92 Å². The minimum absolute atomic E-state index is 0.0709. The highest BCUT2D eigenvalue weighted by Gasteiger charge is 2.53. The van der Waals surface area contributed by atoms with Gasteiger partial charge in [0, 0.05) is 29.9 Å². The van der Waals surface area contributed by atoms with Crippen LogP contribution in [0.15, 0.2) is 18.5 Å². The van der Waals surface area contributed by atoms with Crippen molar-refractivity contribution in [3.05, 3.63) is 24.3 Å². The molecule has 1 aromatic heterocycles. The third kappa shape index (κ3) is 4.42. The van der Waals surface area contributed by atoms with Gasteiger partial charge in [0.2, 0.25) is 10.0 Å². The van der Waals surface area contributed by atoms with Crippen molar-refractivity contribution in [3.8, 4) is 0 Å². The maximum absolute atomic E-state index is 12.4. The number of aromatic nitrogens is 2. The number of ether oxygens (including phenoxy) is 2. The number of amides is 1. The average molecular weight is 453 g/mol. The summed E-state index contributed by atoms with van der Waals surface area (Å²) >= 11 is 0. The van der Waals surface area contributed by atoms with Crippen LogP contribution in [0.5, 0.6) is 0 Å². The second kappa shape index (κ2) is 8.63. The molecule has 1 aromatic rings. The summed E-state index contributed by atoms with van der Waals surface area (Å²) in [6.45, 7) is 2.18. The topological polar surface area (TPSA) is 111 Å². The van der Waals surface area contributed by atoms with E-state index >= 15 is 0 Å². The zero-order valence-electron chi connectivity index (χ0n) is 18.4. The summed E-state index contributed by atoms with van der Waals surface area (Å²) in [4.78, 5) is 23.0. The molecule has 1 N–H and O–H groups in total. The Labute approximate surface area is 184 Å². The van der Waals surface area contributed by atoms with E-state index in [1.165, 1.54) is 7.11 Å². The lowest BCUT2D eigenvalue weighted by Gasteiger charge is -2.53. The average Bonchev–Trinajstić information content (AvgIpc) is 3.01. The Hall–Kier alpha value is -1.78. The van der Waals surface area contributed by atoms with Gasteiger partial charge in [0.25, 0.3) is 0 Å². The van der Waals surface area contributed by atoms with Gasteiger partial charge >= 0.3 is 6.09 Å². The predicted octanol–water partition coefficient (Wildman–Crippen LogP) is 1.84. The van der Waals surface area contributed by atoms with Gasteiger partial charge in [-0.2, -0.15) is 0 Å². The summed E-state index contributed by atoms with van der Waals surface area (Å²) in [5.41, 5.74) is 0.0709. The Balaban J connectivity index is 1.41. The third-order valence-corrected chi connectivity index (χ3v) is 8.07. The highest BCUT2D eigenvalue weighted by molar-refractivity contribution is 7.88. The zero-order chi connectivity index (χ0) is 22.2. The lowest BCUT2D eigenvalue weighted by Crippen LogP contribution is -2.53. The predicted molar refractivity (Wildman–Crippen MR) is 114 cm³/mol. The molecule has 6 atom stereocenters. The summed E-state index contributed by atoms with van der Waals surface area (Å²) in [5, 5.41) is 0. The summed E-state index contributed by atoms with van der Waals surface area (Å²) in [5.74, 6) is 1.45. The van der Waals surface area contributed by atoms with Crippen LogP contribution in [0.25, 0.3) is 0 Å². The summed E-state index contributed by atoms with van der Waals surface area (Å²) < 4.78 is 37.6. The molecule has 0 radical (unpaired) electrons. The number of carbonyl (C=O) groups is 1. The van der Waals surface area contributed by atoms with Gasteiger partial charge < -0.3 is 9.47 Å². The first-order valence-electron chi connectivity index (χ1n) is 11.0. The Morgan fingerprint density at radius 3 is 2.55 bits per heavy atom. The number of fused-ring (bicyclic) bond motifs is 1. The van der Waals surface area contributed by atoms with Crippen molar-refractivity contribution in [2.45, 2.75) is 75.1 Å². The van der Waals surface area contributed by atoms with E-state index in [0.717, 1.165) is 44.2 Å². The fourth-order valence-electron chi connectivity index (χ4n) is 5.75. The molecule has 4 rings (SSSR count). The number of nitrogens with one attached hydrogen (secondary N) is 1. The van der Waals surface area contributed by atoms with Crippen LogP contribution in [-0.4, -0.2) is 73.6 Å². The molecule has 2 saturated carbocycles. The Bertz CT molecular complexity index is 898. The number of sulfonamides is 1. The van der Waals surface area contributed by atoms with E-state index in [4.69, 9.17) is 9.47 Å². The molecule has 1 saturated heterocycles. The lowest BCUT2D eigenvalue weighted by molar-refractivity contribution is -0.0636. The highest BCUT2D eigenvalue weighted by atomic mass is 32.2. The largest absolute Gasteiger partial charge is 0.453 e. The summed E-state index contributed by atoms with van der Waals surface area (Å²) in [6.07, 6.45) is 9.99. The van der Waals surface area contributed by atoms with Crippen LogP contribution in [0.4, 0.5) is 4.79 Å². The standard InChI is InChI=1S/C21H32N4O5S/c1-14-11-17(24-31(3,27)28)18(25(14)20(26)29-2)13-30-16-6-8-21(7-5-15(21)12-16)19-22-9-4-10-23-19/h4,9-10,14-18,24H,5-8,11-13H2,1-3H3/t14-,15-,16-,17+,18+,21-/m1/s1. The second-order valence-corrected chi connectivity index (χ2v) is 11.0. The highest BCUT2D eigenvalue weighted by Crippen LogP contribution is 2.56. The molecule has 1 aliphatic heterocycles. The second-order valence-electron chi connectivity index (χ2n) is 9.22. The van der Waals surface area contributed by atoms with Gasteiger partial charge in [-0.05, 0) is 57.4 Å². The van der Waals surface area contributed by atoms with Gasteiger partial charge in [-0.1, -0.05) is 0 Å². The first-order valence-corrected chi connectivity index (χ1v) is 12.9. The minimum Gasteiger partial charge on any atom is -0.453 e. The van der Waals surface area contributed by atoms with Crippen LogP contribution in [0.1, 0.15) is 51.3 Å². The third-order valence-electron chi connectivity index (χ3n) is 7.34. The van der Waals surface area contributed by atoms with Crippen molar-refractivity contribution in [3.63, 3.8) is 0 Å². The molecule has 2 aliphatic carbocycles. The molecule has 9 nitrogen and oxygen atoms in total. The summed E-state index contributed by atoms with van der Waals surface area (Å²) in [6, 6.07) is 0.913. The van der Waals surface area contributed by atoms with Gasteiger partial charge in [-0.3, -0.25) is 4.90 Å². The molecule has 3 fully saturated rings. The van der Waals surface area contributed by atoms with E-state index in [0.29, 0.717) is 12.3 Å². The molecule has 10 heteroatoms. The van der Waals surface area contributed by atoms with Crippen LogP contribution in [0.2, 0.25) is 0 Å². The van der Waals surface area contributed by atoms with E-state index in [9.17, 15) is 13.2 Å². The molecule has 0 unspecified atom stereocenters. The molecular weight excluding hydrogens is 420 g/mol. The SMILES string of the molecule is COC(=O)N1[C@H](C)C[C@H](NS(C)(=O)=O)[C@@H]1CO[C@@H]1CC[C@]2(c3ncccn3)CC[C@@H]2C1. The van der Waals surface area contributed by atoms with Gasteiger partial charge in [0.15, 0.2) is 0 Å². The minimum atomic E-state index is -3.41. The van der Waals surface area contributed by atoms with E-state index in [1.807, 2.05) is 25.4 Å². The maximum Gasteiger partial charge on any atom is 0.410 e. The number of rotatable bonds is 6. The Kier molecular flexibility index (Phi) is 6.24. The smallest absolute Gasteiger partial charge is 0.410 e. The Morgan fingerprint density at radius 2 is 1.97 bits per heavy atom. The fraction of sp³-hybridized carbons (Fsp3) is 0.762. The quantitative estimate of drug-likeness (QED) is 0.701. The first kappa shape index (κ1) is 22.4. The molecule has 1 amide bonds. The maximum atomic E-state index is 12.4. The van der Waals surface area contributed by atoms with Crippen LogP contribution in [0.3, 0.4) is 0 Å². The molecule has 31 heavy (non-hydrogen) atoms. The molecule has 2 heterocycles. The number of methoxy groups -OCH3 is 1. The normalized spacial score (nSPS) is 35.3. The van der Waals surface area contributed by atoms with Gasteiger partial charge in [0.1, 0.15) is 5.82 Å². The molecular formula is C21H32N4O5S. The Morgan fingerprint density at radius 1 is 1.26 bits per heavy atom. The van der Waals surface area contributed by atoms with Crippen LogP contribution < -0.4 is 4.72 Å². The van der Waals surface area contributed by atoms with Crippen molar-refractivity contribution >= 4 is 16.1 Å². The van der Waals surface area contributed by atoms with Gasteiger partial charge in [-0.15, -0.1) is 0 Å². The first-order chi connectivity index (χ1) is 14.7. The van der Waals surface area contributed by atoms with Crippen LogP contribution in [0, 0.1) is 5.92 Å². The van der Waals surface area contributed by atoms with Crippen molar-refractivity contribution in [2.75, 3.05) is 20.0 Å².